The topological polar surface area (TPSA) is 98.5 Å². The molecule has 0 atom stereocenters. The number of ether oxygens (including phenoxy) is 1. The molecule has 0 saturated heterocycles. The van der Waals surface area contributed by atoms with E-state index in [4.69, 9.17) is 4.74 Å². The molecule has 0 radical (unpaired) electrons. The van der Waals surface area contributed by atoms with Gasteiger partial charge in [-0.15, -0.1) is 0 Å². The second-order valence-electron chi connectivity index (χ2n) is 5.64. The summed E-state index contributed by atoms with van der Waals surface area (Å²) in [6.45, 7) is 0. The first-order chi connectivity index (χ1) is 12.9. The number of nitrogens with zero attached hydrogens (tertiary/aromatic N) is 1. The highest BCUT2D eigenvalue weighted by molar-refractivity contribution is 7.92. The Kier molecular flexibility index (Phi) is 5.09. The zero-order valence-electron chi connectivity index (χ0n) is 14.3. The van der Waals surface area contributed by atoms with E-state index in [1.807, 2.05) is 30.3 Å². The van der Waals surface area contributed by atoms with Gasteiger partial charge in [-0.2, -0.15) is 0 Å². The van der Waals surface area contributed by atoms with Crippen LogP contribution in [0.3, 0.4) is 0 Å². The van der Waals surface area contributed by atoms with E-state index in [9.17, 15) is 18.5 Å². The second kappa shape index (κ2) is 7.46. The van der Waals surface area contributed by atoms with E-state index in [-0.39, 0.29) is 16.3 Å². The molecule has 0 saturated carbocycles. The number of rotatable bonds is 6. The first-order valence-corrected chi connectivity index (χ1v) is 9.40. The summed E-state index contributed by atoms with van der Waals surface area (Å²) < 4.78 is 32.9. The molecule has 3 rings (SSSR count). The maximum Gasteiger partial charge on any atom is 0.271 e. The van der Waals surface area contributed by atoms with Crippen LogP contribution in [0.5, 0.6) is 5.75 Å². The Labute approximate surface area is 156 Å². The van der Waals surface area contributed by atoms with Gasteiger partial charge in [-0.25, -0.2) is 8.42 Å². The molecule has 0 spiro atoms. The Hall–Kier alpha value is -3.39. The van der Waals surface area contributed by atoms with Gasteiger partial charge in [-0.05, 0) is 29.3 Å². The van der Waals surface area contributed by atoms with E-state index >= 15 is 0 Å². The number of methoxy groups -OCH3 is 1. The van der Waals surface area contributed by atoms with Gasteiger partial charge >= 0.3 is 0 Å². The van der Waals surface area contributed by atoms with Gasteiger partial charge in [0.15, 0.2) is 0 Å². The summed E-state index contributed by atoms with van der Waals surface area (Å²) in [6, 6.07) is 19.9. The molecular weight excluding hydrogens is 368 g/mol. The zero-order valence-corrected chi connectivity index (χ0v) is 15.1. The van der Waals surface area contributed by atoms with E-state index in [1.165, 1.54) is 19.2 Å². The molecule has 3 aromatic rings. The van der Waals surface area contributed by atoms with Crippen molar-refractivity contribution in [2.75, 3.05) is 11.8 Å². The molecule has 27 heavy (non-hydrogen) atoms. The predicted octanol–water partition coefficient (Wildman–Crippen LogP) is 4.07. The molecule has 7 nitrogen and oxygen atoms in total. The zero-order chi connectivity index (χ0) is 19.4. The van der Waals surface area contributed by atoms with E-state index < -0.39 is 14.9 Å². The summed E-state index contributed by atoms with van der Waals surface area (Å²) >= 11 is 0. The Bertz CT molecular complexity index is 1070. The summed E-state index contributed by atoms with van der Waals surface area (Å²) in [4.78, 5) is 10.0. The number of anilines is 1. The van der Waals surface area contributed by atoms with E-state index in [1.54, 1.807) is 24.3 Å². The van der Waals surface area contributed by atoms with E-state index in [0.29, 0.717) is 5.69 Å². The van der Waals surface area contributed by atoms with Crippen molar-refractivity contribution in [1.29, 1.82) is 0 Å². The van der Waals surface area contributed by atoms with Crippen LogP contribution in [0.4, 0.5) is 11.4 Å². The number of nitrogens with one attached hydrogen (secondary N) is 1. The minimum absolute atomic E-state index is 0.0222. The number of non-ortho nitro benzene ring substituents is 1. The van der Waals surface area contributed by atoms with Crippen molar-refractivity contribution < 1.29 is 18.1 Å². The van der Waals surface area contributed by atoms with Gasteiger partial charge in [0.2, 0.25) is 0 Å². The third-order valence-corrected chi connectivity index (χ3v) is 5.29. The van der Waals surface area contributed by atoms with Crippen molar-refractivity contribution in [3.63, 3.8) is 0 Å². The SMILES string of the molecule is COc1ccc([N+](=O)[O-])cc1S(=O)(=O)Nc1ccc(-c2ccccc2)cc1. The van der Waals surface area contributed by atoms with Crippen LogP contribution in [0.25, 0.3) is 11.1 Å². The monoisotopic (exact) mass is 384 g/mol. The minimum Gasteiger partial charge on any atom is -0.495 e. The molecule has 0 aliphatic heterocycles. The Morgan fingerprint density at radius 3 is 2.15 bits per heavy atom. The molecule has 3 aromatic carbocycles. The quantitative estimate of drug-likeness (QED) is 0.510. The number of nitro benzene ring substituents is 1. The third-order valence-electron chi connectivity index (χ3n) is 3.89. The van der Waals surface area contributed by atoms with Crippen LogP contribution in [0, 0.1) is 10.1 Å². The van der Waals surface area contributed by atoms with Crippen LogP contribution in [0.15, 0.2) is 77.7 Å². The van der Waals surface area contributed by atoms with Crippen molar-refractivity contribution >= 4 is 21.4 Å². The van der Waals surface area contributed by atoms with Gasteiger partial charge in [-0.1, -0.05) is 42.5 Å². The average molecular weight is 384 g/mol. The first-order valence-electron chi connectivity index (χ1n) is 7.91. The van der Waals surface area contributed by atoms with Crippen LogP contribution < -0.4 is 9.46 Å². The van der Waals surface area contributed by atoms with Gasteiger partial charge < -0.3 is 4.74 Å². The largest absolute Gasteiger partial charge is 0.495 e. The smallest absolute Gasteiger partial charge is 0.271 e. The Balaban J connectivity index is 1.91. The van der Waals surface area contributed by atoms with Gasteiger partial charge in [0.25, 0.3) is 15.7 Å². The van der Waals surface area contributed by atoms with E-state index in [0.717, 1.165) is 17.2 Å². The third kappa shape index (κ3) is 4.06. The normalized spacial score (nSPS) is 11.0. The average Bonchev–Trinajstić information content (AvgIpc) is 2.68. The lowest BCUT2D eigenvalue weighted by Crippen LogP contribution is -2.14. The van der Waals surface area contributed by atoms with Crippen LogP contribution in [0.2, 0.25) is 0 Å². The van der Waals surface area contributed by atoms with Crippen molar-refractivity contribution in [1.82, 2.24) is 0 Å². The molecule has 0 heterocycles. The van der Waals surface area contributed by atoms with Gasteiger partial charge in [-0.3, -0.25) is 14.8 Å². The number of benzene rings is 3. The number of hydrogen-bond acceptors (Lipinski definition) is 5. The standard InChI is InChI=1S/C19H16N2O5S/c1-26-18-12-11-17(21(22)23)13-19(18)27(24,25)20-16-9-7-15(8-10-16)14-5-3-2-4-6-14/h2-13,20H,1H3. The molecule has 8 heteroatoms. The summed E-state index contributed by atoms with van der Waals surface area (Å²) in [5.41, 5.74) is 1.94. The summed E-state index contributed by atoms with van der Waals surface area (Å²) in [5, 5.41) is 11.0. The van der Waals surface area contributed by atoms with Gasteiger partial charge in [0.1, 0.15) is 10.6 Å². The van der Waals surface area contributed by atoms with Crippen molar-refractivity contribution in [2.45, 2.75) is 4.90 Å². The number of nitro groups is 1. The minimum atomic E-state index is -4.07. The molecule has 0 amide bonds. The highest BCUT2D eigenvalue weighted by Crippen LogP contribution is 2.30. The Morgan fingerprint density at radius 2 is 1.56 bits per heavy atom. The fraction of sp³-hybridized carbons (Fsp3) is 0.0526. The molecule has 0 aliphatic carbocycles. The van der Waals surface area contributed by atoms with Crippen LogP contribution in [-0.4, -0.2) is 20.5 Å². The molecule has 0 bridgehead atoms. The Morgan fingerprint density at radius 1 is 0.926 bits per heavy atom. The predicted molar refractivity (Wildman–Crippen MR) is 102 cm³/mol. The van der Waals surface area contributed by atoms with Crippen molar-refractivity contribution in [3.8, 4) is 16.9 Å². The molecule has 0 aliphatic rings. The highest BCUT2D eigenvalue weighted by atomic mass is 32.2. The highest BCUT2D eigenvalue weighted by Gasteiger charge is 2.23. The maximum absolute atomic E-state index is 12.7. The number of hydrogen-bond donors (Lipinski definition) is 1. The molecule has 0 unspecified atom stereocenters. The van der Waals surface area contributed by atoms with Crippen LogP contribution in [-0.2, 0) is 10.0 Å². The molecule has 138 valence electrons. The van der Waals surface area contributed by atoms with Crippen molar-refractivity contribution in [2.24, 2.45) is 0 Å². The maximum atomic E-state index is 12.7. The fourth-order valence-corrected chi connectivity index (χ4v) is 3.81. The molecule has 0 fully saturated rings. The lowest BCUT2D eigenvalue weighted by molar-refractivity contribution is -0.385. The molecule has 1 N–H and O–H groups in total. The van der Waals surface area contributed by atoms with Gasteiger partial charge in [0.05, 0.1) is 12.0 Å². The molecular formula is C19H16N2O5S. The van der Waals surface area contributed by atoms with Crippen molar-refractivity contribution in [3.05, 3.63) is 82.9 Å². The summed E-state index contributed by atoms with van der Waals surface area (Å²) in [5.74, 6) is 0.0222. The van der Waals surface area contributed by atoms with E-state index in [2.05, 4.69) is 4.72 Å². The lowest BCUT2D eigenvalue weighted by atomic mass is 10.1. The van der Waals surface area contributed by atoms with Gasteiger partial charge in [0, 0.05) is 17.8 Å². The molecule has 0 aromatic heterocycles. The lowest BCUT2D eigenvalue weighted by Gasteiger charge is -2.12. The summed E-state index contributed by atoms with van der Waals surface area (Å²) in [7, 11) is -2.77. The number of sulfonamides is 1. The van der Waals surface area contributed by atoms with Crippen LogP contribution >= 0.6 is 0 Å². The second-order valence-corrected chi connectivity index (χ2v) is 7.29. The fourth-order valence-electron chi connectivity index (χ4n) is 2.56. The summed E-state index contributed by atoms with van der Waals surface area (Å²) in [6.07, 6.45) is 0. The van der Waals surface area contributed by atoms with Crippen LogP contribution in [0.1, 0.15) is 0 Å². The first kappa shape index (κ1) is 18.4.